The molecule has 0 atom stereocenters. The fourth-order valence-electron chi connectivity index (χ4n) is 2.52. The quantitative estimate of drug-likeness (QED) is 0.598. The van der Waals surface area contributed by atoms with E-state index in [1.807, 2.05) is 25.1 Å². The number of hydrogen-bond acceptors (Lipinski definition) is 3. The molecule has 2 aromatic carbocycles. The van der Waals surface area contributed by atoms with E-state index in [1.165, 1.54) is 16.7 Å². The van der Waals surface area contributed by atoms with Gasteiger partial charge < -0.3 is 14.8 Å². The van der Waals surface area contributed by atoms with Crippen LogP contribution in [0, 0.1) is 12.8 Å². The van der Waals surface area contributed by atoms with Gasteiger partial charge >= 0.3 is 0 Å². The lowest BCUT2D eigenvalue weighted by molar-refractivity contribution is 0.268. The second-order valence-electron chi connectivity index (χ2n) is 6.56. The minimum Gasteiger partial charge on any atom is -0.490 e. The molecule has 0 saturated carbocycles. The Bertz CT molecular complexity index is 686. The molecule has 2 rings (SSSR count). The van der Waals surface area contributed by atoms with Crippen molar-refractivity contribution in [3.63, 3.8) is 0 Å². The lowest BCUT2D eigenvalue weighted by atomic mass is 10.1. The summed E-state index contributed by atoms with van der Waals surface area (Å²) >= 11 is 3.66. The van der Waals surface area contributed by atoms with Gasteiger partial charge in [-0.15, -0.1) is 0 Å². The molecule has 0 aromatic heterocycles. The van der Waals surface area contributed by atoms with Gasteiger partial charge in [0.2, 0.25) is 0 Å². The Morgan fingerprint density at radius 1 is 1.04 bits per heavy atom. The molecule has 136 valence electrons. The maximum absolute atomic E-state index is 6.06. The van der Waals surface area contributed by atoms with Crippen LogP contribution >= 0.6 is 15.9 Å². The van der Waals surface area contributed by atoms with Crippen molar-refractivity contribution in [1.29, 1.82) is 0 Å². The summed E-state index contributed by atoms with van der Waals surface area (Å²) in [4.78, 5) is 0. The summed E-state index contributed by atoms with van der Waals surface area (Å²) < 4.78 is 12.9. The van der Waals surface area contributed by atoms with Gasteiger partial charge in [-0.05, 0) is 55.1 Å². The molecule has 3 nitrogen and oxygen atoms in total. The van der Waals surface area contributed by atoms with E-state index in [4.69, 9.17) is 9.47 Å². The molecular formula is C21H28BrNO2. The molecule has 0 spiro atoms. The van der Waals surface area contributed by atoms with Crippen molar-refractivity contribution in [2.75, 3.05) is 13.2 Å². The predicted molar refractivity (Wildman–Crippen MR) is 107 cm³/mol. The highest BCUT2D eigenvalue weighted by molar-refractivity contribution is 9.10. The van der Waals surface area contributed by atoms with Crippen molar-refractivity contribution in [3.8, 4) is 11.5 Å². The molecule has 0 heterocycles. The summed E-state index contributed by atoms with van der Waals surface area (Å²) in [6.07, 6.45) is 0. The van der Waals surface area contributed by atoms with Crippen LogP contribution in [0.1, 0.15) is 37.5 Å². The number of benzene rings is 2. The predicted octanol–water partition coefficient (Wildman–Crippen LogP) is 5.48. The number of rotatable bonds is 9. The van der Waals surface area contributed by atoms with E-state index >= 15 is 0 Å². The minimum atomic E-state index is 0.532. The van der Waals surface area contributed by atoms with E-state index in [9.17, 15) is 0 Å². The Morgan fingerprint density at radius 3 is 2.44 bits per heavy atom. The molecule has 2 aromatic rings. The van der Waals surface area contributed by atoms with Crippen LogP contribution in [0.25, 0.3) is 0 Å². The smallest absolute Gasteiger partial charge is 0.162 e. The van der Waals surface area contributed by atoms with Crippen molar-refractivity contribution in [1.82, 2.24) is 5.32 Å². The Hall–Kier alpha value is -1.52. The summed E-state index contributed by atoms with van der Waals surface area (Å²) in [6.45, 7) is 11.4. The second-order valence-corrected chi connectivity index (χ2v) is 7.42. The third-order valence-electron chi connectivity index (χ3n) is 3.93. The van der Waals surface area contributed by atoms with Gasteiger partial charge in [-0.3, -0.25) is 0 Å². The summed E-state index contributed by atoms with van der Waals surface area (Å²) in [6, 6.07) is 12.3. The molecule has 0 unspecified atom stereocenters. The molecule has 0 fully saturated rings. The molecule has 0 amide bonds. The summed E-state index contributed by atoms with van der Waals surface area (Å²) in [5.41, 5.74) is 3.59. The van der Waals surface area contributed by atoms with Gasteiger partial charge in [-0.1, -0.05) is 54.0 Å². The zero-order valence-corrected chi connectivity index (χ0v) is 17.2. The topological polar surface area (TPSA) is 30.5 Å². The van der Waals surface area contributed by atoms with E-state index in [2.05, 4.69) is 60.2 Å². The Labute approximate surface area is 159 Å². The summed E-state index contributed by atoms with van der Waals surface area (Å²) in [5.74, 6) is 2.19. The normalized spacial score (nSPS) is 11.0. The zero-order valence-electron chi connectivity index (χ0n) is 15.6. The van der Waals surface area contributed by atoms with Crippen molar-refractivity contribution >= 4 is 15.9 Å². The van der Waals surface area contributed by atoms with E-state index in [0.29, 0.717) is 19.1 Å². The first-order valence-corrected chi connectivity index (χ1v) is 9.63. The van der Waals surface area contributed by atoms with Crippen LogP contribution in [0.15, 0.2) is 40.9 Å². The summed E-state index contributed by atoms with van der Waals surface area (Å²) in [7, 11) is 0. The number of hydrogen-bond donors (Lipinski definition) is 1. The minimum absolute atomic E-state index is 0.532. The average Bonchev–Trinajstić information content (AvgIpc) is 2.57. The van der Waals surface area contributed by atoms with Gasteiger partial charge in [-0.25, -0.2) is 0 Å². The molecule has 0 bridgehead atoms. The standard InChI is InChI=1S/C21H28BrNO2/c1-5-24-20-10-18(13-23-12-15(2)3)19(22)11-21(20)25-14-17-9-7-6-8-16(17)4/h6-11,15,23H,5,12-14H2,1-4H3. The van der Waals surface area contributed by atoms with Gasteiger partial charge in [0, 0.05) is 11.0 Å². The molecule has 0 aliphatic carbocycles. The third-order valence-corrected chi connectivity index (χ3v) is 4.66. The van der Waals surface area contributed by atoms with Gasteiger partial charge in [0.05, 0.1) is 6.61 Å². The zero-order chi connectivity index (χ0) is 18.2. The molecule has 0 radical (unpaired) electrons. The maximum atomic E-state index is 6.06. The number of nitrogens with one attached hydrogen (secondary N) is 1. The third kappa shape index (κ3) is 6.05. The van der Waals surface area contributed by atoms with Crippen molar-refractivity contribution < 1.29 is 9.47 Å². The van der Waals surface area contributed by atoms with Crippen LogP contribution in [0.5, 0.6) is 11.5 Å². The van der Waals surface area contributed by atoms with Gasteiger partial charge in [-0.2, -0.15) is 0 Å². The molecule has 0 aliphatic rings. The Morgan fingerprint density at radius 2 is 1.76 bits per heavy atom. The van der Waals surface area contributed by atoms with Crippen molar-refractivity contribution in [3.05, 3.63) is 57.6 Å². The fourth-order valence-corrected chi connectivity index (χ4v) is 2.98. The monoisotopic (exact) mass is 405 g/mol. The van der Waals surface area contributed by atoms with Crippen molar-refractivity contribution in [2.24, 2.45) is 5.92 Å². The first-order chi connectivity index (χ1) is 12.0. The van der Waals surface area contributed by atoms with E-state index in [-0.39, 0.29) is 0 Å². The van der Waals surface area contributed by atoms with E-state index in [0.717, 1.165) is 29.1 Å². The SMILES string of the molecule is CCOc1cc(CNCC(C)C)c(Br)cc1OCc1ccccc1C. The molecule has 25 heavy (non-hydrogen) atoms. The molecule has 4 heteroatoms. The first kappa shape index (κ1) is 19.8. The van der Waals surface area contributed by atoms with Gasteiger partial charge in [0.15, 0.2) is 11.5 Å². The van der Waals surface area contributed by atoms with E-state index < -0.39 is 0 Å². The number of ether oxygens (including phenoxy) is 2. The van der Waals surface area contributed by atoms with Crippen LogP contribution in [0.4, 0.5) is 0 Å². The van der Waals surface area contributed by atoms with Crippen LogP contribution in [-0.2, 0) is 13.2 Å². The molecular weight excluding hydrogens is 378 g/mol. The maximum Gasteiger partial charge on any atom is 0.162 e. The van der Waals surface area contributed by atoms with Gasteiger partial charge in [0.25, 0.3) is 0 Å². The molecule has 1 N–H and O–H groups in total. The fraction of sp³-hybridized carbons (Fsp3) is 0.429. The van der Waals surface area contributed by atoms with E-state index in [1.54, 1.807) is 0 Å². The second kappa shape index (κ2) is 9.83. The molecule has 0 saturated heterocycles. The number of aryl methyl sites for hydroxylation is 1. The van der Waals surface area contributed by atoms with Crippen molar-refractivity contribution in [2.45, 2.75) is 40.8 Å². The molecule has 0 aliphatic heterocycles. The highest BCUT2D eigenvalue weighted by atomic mass is 79.9. The first-order valence-electron chi connectivity index (χ1n) is 8.84. The lowest BCUT2D eigenvalue weighted by Crippen LogP contribution is -2.19. The lowest BCUT2D eigenvalue weighted by Gasteiger charge is -2.16. The van der Waals surface area contributed by atoms with Crippen LogP contribution < -0.4 is 14.8 Å². The van der Waals surface area contributed by atoms with Crippen LogP contribution in [0.3, 0.4) is 0 Å². The summed E-state index contributed by atoms with van der Waals surface area (Å²) in [5, 5.41) is 3.47. The van der Waals surface area contributed by atoms with Gasteiger partial charge in [0.1, 0.15) is 6.61 Å². The Kier molecular flexibility index (Phi) is 7.79. The Balaban J connectivity index is 2.13. The highest BCUT2D eigenvalue weighted by Gasteiger charge is 2.12. The van der Waals surface area contributed by atoms with Crippen LogP contribution in [-0.4, -0.2) is 13.2 Å². The average molecular weight is 406 g/mol. The van der Waals surface area contributed by atoms with Crippen LogP contribution in [0.2, 0.25) is 0 Å². The largest absolute Gasteiger partial charge is 0.490 e. The number of halogens is 1. The highest BCUT2D eigenvalue weighted by Crippen LogP contribution is 2.34.